The highest BCUT2D eigenvalue weighted by atomic mass is 32.1. The second kappa shape index (κ2) is 7.97. The summed E-state index contributed by atoms with van der Waals surface area (Å²) in [4.78, 5) is 5.35. The molecule has 1 aromatic heterocycles. The molecule has 6 heteroatoms. The first kappa shape index (κ1) is 15.8. The maximum atomic E-state index is 9.87. The largest absolute Gasteiger partial charge is 0.497 e. The monoisotopic (exact) mass is 308 g/mol. The number of methoxy groups -OCH3 is 1. The summed E-state index contributed by atoms with van der Waals surface area (Å²) in [5.41, 5.74) is 0. The van der Waals surface area contributed by atoms with Crippen LogP contribution in [0.15, 0.2) is 30.5 Å². The van der Waals surface area contributed by atoms with E-state index in [0.717, 1.165) is 15.6 Å². The summed E-state index contributed by atoms with van der Waals surface area (Å²) < 4.78 is 10.6. The van der Waals surface area contributed by atoms with Crippen LogP contribution < -0.4 is 14.8 Å². The Bertz CT molecular complexity index is 542. The van der Waals surface area contributed by atoms with Crippen LogP contribution in [0.3, 0.4) is 0 Å². The zero-order valence-electron chi connectivity index (χ0n) is 12.2. The van der Waals surface area contributed by atoms with E-state index in [-0.39, 0.29) is 6.61 Å². The summed E-state index contributed by atoms with van der Waals surface area (Å²) in [5.74, 6) is 1.50. The Balaban J connectivity index is 1.65. The van der Waals surface area contributed by atoms with Crippen LogP contribution in [0.5, 0.6) is 11.5 Å². The van der Waals surface area contributed by atoms with Crippen molar-refractivity contribution in [2.75, 3.05) is 20.3 Å². The Labute approximate surface area is 128 Å². The van der Waals surface area contributed by atoms with Crippen molar-refractivity contribution in [1.29, 1.82) is 0 Å². The number of nitrogens with one attached hydrogen (secondary N) is 1. The van der Waals surface area contributed by atoms with Gasteiger partial charge in [0, 0.05) is 24.2 Å². The van der Waals surface area contributed by atoms with Gasteiger partial charge in [-0.1, -0.05) is 0 Å². The van der Waals surface area contributed by atoms with Crippen molar-refractivity contribution in [3.63, 3.8) is 0 Å². The number of aliphatic hydroxyl groups excluding tert-OH is 1. The van der Waals surface area contributed by atoms with E-state index in [9.17, 15) is 5.11 Å². The first-order valence-electron chi connectivity index (χ1n) is 6.74. The lowest BCUT2D eigenvalue weighted by atomic mass is 10.3. The molecular formula is C15H20N2O3S. The van der Waals surface area contributed by atoms with Crippen LogP contribution in [0.25, 0.3) is 0 Å². The Morgan fingerprint density at radius 1 is 1.29 bits per heavy atom. The predicted molar refractivity (Wildman–Crippen MR) is 83.1 cm³/mol. The van der Waals surface area contributed by atoms with Gasteiger partial charge in [-0.25, -0.2) is 4.98 Å². The molecule has 0 saturated heterocycles. The molecular weight excluding hydrogens is 288 g/mol. The van der Waals surface area contributed by atoms with Crippen molar-refractivity contribution in [2.24, 2.45) is 0 Å². The fourth-order valence-corrected chi connectivity index (χ4v) is 2.54. The van der Waals surface area contributed by atoms with Gasteiger partial charge in [0.05, 0.1) is 12.1 Å². The number of ether oxygens (including phenoxy) is 2. The van der Waals surface area contributed by atoms with E-state index in [2.05, 4.69) is 10.3 Å². The van der Waals surface area contributed by atoms with Gasteiger partial charge in [0.1, 0.15) is 24.2 Å². The molecule has 0 aliphatic rings. The fourth-order valence-electron chi connectivity index (χ4n) is 1.77. The molecule has 114 valence electrons. The molecule has 0 amide bonds. The number of hydrogen-bond acceptors (Lipinski definition) is 6. The third-order valence-electron chi connectivity index (χ3n) is 2.85. The van der Waals surface area contributed by atoms with E-state index in [4.69, 9.17) is 9.47 Å². The average molecular weight is 308 g/mol. The maximum Gasteiger partial charge on any atom is 0.119 e. The first-order chi connectivity index (χ1) is 10.2. The molecule has 5 nitrogen and oxygen atoms in total. The molecule has 2 rings (SSSR count). The molecule has 1 heterocycles. The van der Waals surface area contributed by atoms with Crippen molar-refractivity contribution < 1.29 is 14.6 Å². The van der Waals surface area contributed by atoms with Crippen molar-refractivity contribution in [3.8, 4) is 11.5 Å². The van der Waals surface area contributed by atoms with Crippen molar-refractivity contribution in [2.45, 2.75) is 19.6 Å². The highest BCUT2D eigenvalue weighted by molar-refractivity contribution is 7.11. The minimum atomic E-state index is -0.555. The fraction of sp³-hybridized carbons (Fsp3) is 0.400. The van der Waals surface area contributed by atoms with Crippen molar-refractivity contribution in [1.82, 2.24) is 10.3 Å². The third kappa shape index (κ3) is 5.34. The van der Waals surface area contributed by atoms with Crippen LogP contribution in [0, 0.1) is 6.92 Å². The first-order valence-corrected chi connectivity index (χ1v) is 7.56. The Hall–Kier alpha value is -1.63. The van der Waals surface area contributed by atoms with Gasteiger partial charge in [-0.05, 0) is 31.2 Å². The summed E-state index contributed by atoms with van der Waals surface area (Å²) in [7, 11) is 1.62. The van der Waals surface area contributed by atoms with Crippen LogP contribution >= 0.6 is 11.3 Å². The van der Waals surface area contributed by atoms with Gasteiger partial charge in [-0.2, -0.15) is 0 Å². The van der Waals surface area contributed by atoms with Gasteiger partial charge >= 0.3 is 0 Å². The van der Waals surface area contributed by atoms with Crippen molar-refractivity contribution in [3.05, 3.63) is 40.3 Å². The number of benzene rings is 1. The summed E-state index contributed by atoms with van der Waals surface area (Å²) in [5, 5.41) is 14.1. The van der Waals surface area contributed by atoms with Crippen LogP contribution in [0.4, 0.5) is 0 Å². The van der Waals surface area contributed by atoms with E-state index in [1.807, 2.05) is 37.4 Å². The molecule has 0 fully saturated rings. The SMILES string of the molecule is COc1ccc(OCC(O)CNCc2cnc(C)s2)cc1. The quantitative estimate of drug-likeness (QED) is 0.781. The van der Waals surface area contributed by atoms with Gasteiger partial charge in [0.2, 0.25) is 0 Å². The normalized spacial score (nSPS) is 12.1. The zero-order valence-corrected chi connectivity index (χ0v) is 13.0. The van der Waals surface area contributed by atoms with E-state index in [1.54, 1.807) is 18.4 Å². The number of nitrogens with zero attached hydrogens (tertiary/aromatic N) is 1. The van der Waals surface area contributed by atoms with E-state index >= 15 is 0 Å². The minimum Gasteiger partial charge on any atom is -0.497 e. The molecule has 1 atom stereocenters. The number of aromatic nitrogens is 1. The number of thiazole rings is 1. The second-order valence-corrected chi connectivity index (χ2v) is 5.94. The van der Waals surface area contributed by atoms with Gasteiger partial charge in [0.25, 0.3) is 0 Å². The smallest absolute Gasteiger partial charge is 0.119 e. The van der Waals surface area contributed by atoms with Crippen LogP contribution in [-0.4, -0.2) is 36.5 Å². The van der Waals surface area contributed by atoms with Gasteiger partial charge < -0.3 is 19.9 Å². The topological polar surface area (TPSA) is 63.6 Å². The molecule has 0 saturated carbocycles. The molecule has 0 aliphatic carbocycles. The van der Waals surface area contributed by atoms with Crippen LogP contribution in [0.2, 0.25) is 0 Å². The third-order valence-corrected chi connectivity index (χ3v) is 3.76. The molecule has 1 aromatic carbocycles. The summed E-state index contributed by atoms with van der Waals surface area (Å²) in [6, 6.07) is 7.29. The molecule has 0 spiro atoms. The zero-order chi connectivity index (χ0) is 15.1. The summed E-state index contributed by atoms with van der Waals surface area (Å²) in [6.07, 6.45) is 1.30. The van der Waals surface area contributed by atoms with Gasteiger partial charge in [-0.3, -0.25) is 0 Å². The lowest BCUT2D eigenvalue weighted by Gasteiger charge is -2.13. The molecule has 21 heavy (non-hydrogen) atoms. The maximum absolute atomic E-state index is 9.87. The Morgan fingerprint density at radius 3 is 2.62 bits per heavy atom. The molecule has 2 aromatic rings. The van der Waals surface area contributed by atoms with E-state index in [0.29, 0.717) is 18.8 Å². The molecule has 2 N–H and O–H groups in total. The lowest BCUT2D eigenvalue weighted by Crippen LogP contribution is -2.30. The minimum absolute atomic E-state index is 0.251. The second-order valence-electron chi connectivity index (χ2n) is 4.62. The Kier molecular flexibility index (Phi) is 5.98. The molecule has 0 aliphatic heterocycles. The predicted octanol–water partition coefficient (Wildman–Crippen LogP) is 1.99. The summed E-state index contributed by atoms with van der Waals surface area (Å²) in [6.45, 7) is 3.42. The Morgan fingerprint density at radius 2 is 2.00 bits per heavy atom. The highest BCUT2D eigenvalue weighted by Gasteiger charge is 2.06. The number of aliphatic hydroxyl groups is 1. The van der Waals surface area contributed by atoms with Gasteiger partial charge in [-0.15, -0.1) is 11.3 Å². The molecule has 0 radical (unpaired) electrons. The highest BCUT2D eigenvalue weighted by Crippen LogP contribution is 2.17. The van der Waals surface area contributed by atoms with E-state index in [1.165, 1.54) is 0 Å². The summed E-state index contributed by atoms with van der Waals surface area (Å²) >= 11 is 1.65. The molecule has 1 unspecified atom stereocenters. The molecule has 0 bridgehead atoms. The number of aryl methyl sites for hydroxylation is 1. The standard InChI is InChI=1S/C15H20N2O3S/c1-11-17-9-15(21-11)8-16-7-12(18)10-20-14-5-3-13(19-2)4-6-14/h3-6,9,12,16,18H,7-8,10H2,1-2H3. The van der Waals surface area contributed by atoms with E-state index < -0.39 is 6.10 Å². The lowest BCUT2D eigenvalue weighted by molar-refractivity contribution is 0.106. The van der Waals surface area contributed by atoms with Crippen molar-refractivity contribution >= 4 is 11.3 Å². The van der Waals surface area contributed by atoms with Gasteiger partial charge in [0.15, 0.2) is 0 Å². The number of rotatable bonds is 8. The number of hydrogen-bond donors (Lipinski definition) is 2. The van der Waals surface area contributed by atoms with Crippen LogP contribution in [-0.2, 0) is 6.54 Å². The van der Waals surface area contributed by atoms with Crippen LogP contribution in [0.1, 0.15) is 9.88 Å². The average Bonchev–Trinajstić information content (AvgIpc) is 2.91.